The minimum absolute atomic E-state index is 0.296. The van der Waals surface area contributed by atoms with Crippen molar-refractivity contribution in [2.75, 3.05) is 26.1 Å². The molecule has 0 fully saturated rings. The second-order valence-electron chi connectivity index (χ2n) is 6.63. The van der Waals surface area contributed by atoms with E-state index in [-0.39, 0.29) is 5.97 Å². The van der Waals surface area contributed by atoms with Crippen LogP contribution >= 0.6 is 22.7 Å². The van der Waals surface area contributed by atoms with Crippen LogP contribution in [0.4, 0.5) is 5.00 Å². The number of nitrogens with zero attached hydrogens (tertiary/aromatic N) is 2. The number of esters is 1. The van der Waals surface area contributed by atoms with Gasteiger partial charge in [0, 0.05) is 22.0 Å². The van der Waals surface area contributed by atoms with E-state index in [0.29, 0.717) is 39.3 Å². The van der Waals surface area contributed by atoms with Crippen LogP contribution in [0.1, 0.15) is 32.7 Å². The molecule has 0 aliphatic heterocycles. The van der Waals surface area contributed by atoms with Crippen molar-refractivity contribution in [1.82, 2.24) is 4.98 Å². The number of thiophene rings is 1. The maximum Gasteiger partial charge on any atom is 0.341 e. The first-order valence-electron chi connectivity index (χ1n) is 9.75. The zero-order valence-electron chi connectivity index (χ0n) is 18.4. The molecule has 0 amide bonds. The molecule has 1 aromatic carbocycles. The number of hydrogen-bond acceptors (Lipinski definition) is 9. The third-order valence-electron chi connectivity index (χ3n) is 4.75. The Hall–Kier alpha value is -3.35. The van der Waals surface area contributed by atoms with Gasteiger partial charge in [0.05, 0.1) is 32.1 Å². The van der Waals surface area contributed by atoms with Crippen molar-refractivity contribution in [1.29, 1.82) is 5.26 Å². The van der Waals surface area contributed by atoms with Gasteiger partial charge in [0.25, 0.3) is 0 Å². The number of rotatable bonds is 8. The van der Waals surface area contributed by atoms with Crippen LogP contribution in [0, 0.1) is 25.2 Å². The summed E-state index contributed by atoms with van der Waals surface area (Å²) in [5.74, 6) is 0.855. The summed E-state index contributed by atoms with van der Waals surface area (Å²) in [5, 5.41) is 15.9. The molecule has 7 nitrogen and oxygen atoms in total. The molecule has 0 spiro atoms. The van der Waals surface area contributed by atoms with E-state index in [2.05, 4.69) is 16.4 Å². The van der Waals surface area contributed by atoms with E-state index >= 15 is 0 Å². The van der Waals surface area contributed by atoms with E-state index in [4.69, 9.17) is 14.2 Å². The molecule has 3 rings (SSSR count). The van der Waals surface area contributed by atoms with Gasteiger partial charge in [-0.3, -0.25) is 0 Å². The average molecular weight is 470 g/mol. The number of carbonyl (C=O) groups is 1. The Bertz CT molecular complexity index is 1200. The minimum atomic E-state index is -0.381. The van der Waals surface area contributed by atoms with E-state index in [1.165, 1.54) is 22.7 Å². The van der Waals surface area contributed by atoms with Gasteiger partial charge in [-0.1, -0.05) is 0 Å². The van der Waals surface area contributed by atoms with Gasteiger partial charge < -0.3 is 19.5 Å². The van der Waals surface area contributed by atoms with E-state index in [0.717, 1.165) is 21.7 Å². The summed E-state index contributed by atoms with van der Waals surface area (Å²) in [5.41, 5.74) is 3.30. The number of benzene rings is 1. The number of nitriles is 1. The Morgan fingerprint density at radius 2 is 2.00 bits per heavy atom. The van der Waals surface area contributed by atoms with Crippen LogP contribution in [0.3, 0.4) is 0 Å². The summed E-state index contributed by atoms with van der Waals surface area (Å²) in [6.07, 6.45) is 1.57. The lowest BCUT2D eigenvalue weighted by Crippen LogP contribution is -2.07. The number of methoxy groups -OCH3 is 2. The van der Waals surface area contributed by atoms with Gasteiger partial charge in [-0.15, -0.1) is 22.7 Å². The first kappa shape index (κ1) is 23.3. The molecule has 166 valence electrons. The van der Waals surface area contributed by atoms with E-state index in [1.54, 1.807) is 27.3 Å². The fourth-order valence-corrected chi connectivity index (χ4v) is 4.80. The lowest BCUT2D eigenvalue weighted by molar-refractivity contribution is 0.0527. The molecule has 0 saturated heterocycles. The number of anilines is 1. The van der Waals surface area contributed by atoms with Crippen molar-refractivity contribution >= 4 is 39.2 Å². The third-order valence-corrected chi connectivity index (χ3v) is 6.76. The Kier molecular flexibility index (Phi) is 7.51. The van der Waals surface area contributed by atoms with E-state index in [1.807, 2.05) is 37.4 Å². The molecule has 0 radical (unpaired) electrons. The predicted octanol–water partition coefficient (Wildman–Crippen LogP) is 5.66. The molecule has 3 aromatic rings. The number of hydrogen-bond donors (Lipinski definition) is 1. The zero-order valence-corrected chi connectivity index (χ0v) is 20.1. The van der Waals surface area contributed by atoms with Gasteiger partial charge in [0.2, 0.25) is 0 Å². The summed E-state index contributed by atoms with van der Waals surface area (Å²) < 4.78 is 15.8. The molecule has 2 heterocycles. The molecule has 9 heteroatoms. The first-order chi connectivity index (χ1) is 15.4. The van der Waals surface area contributed by atoms with Gasteiger partial charge in [0.15, 0.2) is 11.5 Å². The van der Waals surface area contributed by atoms with Gasteiger partial charge in [-0.25, -0.2) is 9.78 Å². The molecule has 0 bridgehead atoms. The molecule has 0 saturated carbocycles. The Labute approximate surface area is 194 Å². The van der Waals surface area contributed by atoms with Crippen LogP contribution in [0.2, 0.25) is 0 Å². The van der Waals surface area contributed by atoms with Crippen LogP contribution in [0.15, 0.2) is 29.8 Å². The third kappa shape index (κ3) is 4.77. The monoisotopic (exact) mass is 469 g/mol. The molecular formula is C23H23N3O4S2. The van der Waals surface area contributed by atoms with Gasteiger partial charge in [-0.05, 0) is 44.5 Å². The normalized spacial score (nSPS) is 11.1. The smallest absolute Gasteiger partial charge is 0.341 e. The SMILES string of the molecule is CCOC(=O)c1c(N/C=C(/C#N)c2nc(-c3ccc(OC)c(OC)c3)cs2)sc(C)c1C. The number of aryl methyl sites for hydroxylation is 1. The molecule has 0 aliphatic rings. The van der Waals surface area contributed by atoms with Crippen LogP contribution in [-0.2, 0) is 4.74 Å². The van der Waals surface area contributed by atoms with Crippen LogP contribution in [-0.4, -0.2) is 31.8 Å². The fraction of sp³-hybridized carbons (Fsp3) is 0.261. The largest absolute Gasteiger partial charge is 0.493 e. The molecule has 2 aromatic heterocycles. The van der Waals surface area contributed by atoms with Crippen molar-refractivity contribution in [2.45, 2.75) is 20.8 Å². The van der Waals surface area contributed by atoms with E-state index in [9.17, 15) is 10.1 Å². The van der Waals surface area contributed by atoms with Crippen molar-refractivity contribution in [2.24, 2.45) is 0 Å². The summed E-state index contributed by atoms with van der Waals surface area (Å²) in [6, 6.07) is 7.72. The lowest BCUT2D eigenvalue weighted by Gasteiger charge is -2.08. The van der Waals surface area contributed by atoms with Crippen molar-refractivity contribution < 1.29 is 19.0 Å². The Morgan fingerprint density at radius 1 is 1.25 bits per heavy atom. The quantitative estimate of drug-likeness (QED) is 0.336. The van der Waals surface area contributed by atoms with Gasteiger partial charge >= 0.3 is 5.97 Å². The van der Waals surface area contributed by atoms with E-state index < -0.39 is 0 Å². The maximum atomic E-state index is 12.4. The van der Waals surface area contributed by atoms with Crippen molar-refractivity contribution in [3.05, 3.63) is 50.8 Å². The van der Waals surface area contributed by atoms with Crippen LogP contribution < -0.4 is 14.8 Å². The number of thiazole rings is 1. The highest BCUT2D eigenvalue weighted by Crippen LogP contribution is 2.35. The molecule has 0 aliphatic carbocycles. The van der Waals surface area contributed by atoms with Crippen molar-refractivity contribution in [3.8, 4) is 28.8 Å². The number of ether oxygens (including phenoxy) is 3. The topological polar surface area (TPSA) is 93.5 Å². The highest BCUT2D eigenvalue weighted by molar-refractivity contribution is 7.16. The molecular weight excluding hydrogens is 446 g/mol. The minimum Gasteiger partial charge on any atom is -0.493 e. The zero-order chi connectivity index (χ0) is 23.3. The van der Waals surface area contributed by atoms with Crippen molar-refractivity contribution in [3.63, 3.8) is 0 Å². The molecule has 0 unspecified atom stereocenters. The Balaban J connectivity index is 1.88. The Morgan fingerprint density at radius 3 is 2.66 bits per heavy atom. The summed E-state index contributed by atoms with van der Waals surface area (Å²) in [6.45, 7) is 5.89. The standard InChI is InChI=1S/C23H23N3O4S2/c1-6-30-23(27)20-13(2)14(3)32-22(20)25-11-16(10-24)21-26-17(12-31-21)15-7-8-18(28-4)19(9-15)29-5/h7-9,11-12,25H,6H2,1-5H3/b16-11-. The fourth-order valence-electron chi connectivity index (χ4n) is 2.98. The van der Waals surface area contributed by atoms with Gasteiger partial charge in [-0.2, -0.15) is 5.26 Å². The first-order valence-corrected chi connectivity index (χ1v) is 11.4. The van der Waals surface area contributed by atoms with Gasteiger partial charge in [0.1, 0.15) is 21.7 Å². The molecule has 1 N–H and O–H groups in total. The number of allylic oxidation sites excluding steroid dienone is 1. The summed E-state index contributed by atoms with van der Waals surface area (Å²) in [4.78, 5) is 18.0. The summed E-state index contributed by atoms with van der Waals surface area (Å²) in [7, 11) is 3.16. The molecule has 32 heavy (non-hydrogen) atoms. The summed E-state index contributed by atoms with van der Waals surface area (Å²) >= 11 is 2.80. The predicted molar refractivity (Wildman–Crippen MR) is 128 cm³/mol. The number of aromatic nitrogens is 1. The second kappa shape index (κ2) is 10.3. The number of nitrogens with one attached hydrogen (secondary N) is 1. The second-order valence-corrected chi connectivity index (χ2v) is 8.71. The van der Waals surface area contributed by atoms with Crippen LogP contribution in [0.5, 0.6) is 11.5 Å². The molecule has 0 atom stereocenters. The highest BCUT2D eigenvalue weighted by atomic mass is 32.1. The average Bonchev–Trinajstić information content (AvgIpc) is 3.39. The highest BCUT2D eigenvalue weighted by Gasteiger charge is 2.20. The number of carbonyl (C=O) groups excluding carboxylic acids is 1. The lowest BCUT2D eigenvalue weighted by atomic mass is 10.1. The maximum absolute atomic E-state index is 12.4. The van der Waals surface area contributed by atoms with Crippen LogP contribution in [0.25, 0.3) is 16.8 Å².